The lowest BCUT2D eigenvalue weighted by Gasteiger charge is -2.27. The number of hydrogen-bond donors (Lipinski definition) is 1. The van der Waals surface area contributed by atoms with Crippen molar-refractivity contribution < 1.29 is 22.5 Å². The predicted octanol–water partition coefficient (Wildman–Crippen LogP) is 3.73. The minimum atomic E-state index is -4.89. The van der Waals surface area contributed by atoms with Gasteiger partial charge in [0.15, 0.2) is 0 Å². The van der Waals surface area contributed by atoms with Crippen molar-refractivity contribution in [2.24, 2.45) is 4.99 Å². The van der Waals surface area contributed by atoms with Gasteiger partial charge in [-0.15, -0.1) is 0 Å². The molecule has 0 bridgehead atoms. The maximum atomic E-state index is 12.5. The van der Waals surface area contributed by atoms with Crippen LogP contribution in [0.5, 0.6) is 0 Å². The van der Waals surface area contributed by atoms with Crippen LogP contribution in [0, 0.1) is 0 Å². The summed E-state index contributed by atoms with van der Waals surface area (Å²) in [5, 5.41) is 6.00. The summed E-state index contributed by atoms with van der Waals surface area (Å²) in [5.74, 6) is -1.05. The van der Waals surface area contributed by atoms with Gasteiger partial charge in [0.2, 0.25) is 23.5 Å². The second kappa shape index (κ2) is 9.53. The Bertz CT molecular complexity index is 1160. The van der Waals surface area contributed by atoms with Crippen molar-refractivity contribution in [3.8, 4) is 11.6 Å². The molecule has 0 unspecified atom stereocenters. The van der Waals surface area contributed by atoms with Crippen LogP contribution < -0.4 is 10.2 Å². The van der Waals surface area contributed by atoms with Gasteiger partial charge < -0.3 is 14.7 Å². The molecule has 0 atom stereocenters. The van der Waals surface area contributed by atoms with Crippen LogP contribution in [0.4, 0.5) is 30.8 Å². The number of carbonyl (C=O) groups is 1. The van der Waals surface area contributed by atoms with Gasteiger partial charge in [0.1, 0.15) is 0 Å². The molecule has 1 aliphatic carbocycles. The molecule has 34 heavy (non-hydrogen) atoms. The standard InChI is InChI=1S/C21H21F3N8O2/c1-25-19-28-15(29-20(30-19)32(2)14-6-4-3-5-7-14)16-27-17(34-31-16)12-8-10-13(11-9-12)26-18(33)21(22,23)24/h3-7,12-13H,1,8-11H2,2H3,(H,26,33). The zero-order chi connectivity index (χ0) is 24.3. The minimum Gasteiger partial charge on any atom is -0.346 e. The van der Waals surface area contributed by atoms with E-state index < -0.39 is 18.1 Å². The molecular weight excluding hydrogens is 453 g/mol. The number of amides is 1. The highest BCUT2D eigenvalue weighted by atomic mass is 19.4. The first-order valence-corrected chi connectivity index (χ1v) is 10.5. The van der Waals surface area contributed by atoms with Crippen LogP contribution in [-0.4, -0.2) is 57.0 Å². The van der Waals surface area contributed by atoms with Gasteiger partial charge >= 0.3 is 12.1 Å². The lowest BCUT2D eigenvalue weighted by molar-refractivity contribution is -0.174. The highest BCUT2D eigenvalue weighted by Crippen LogP contribution is 2.33. The Labute approximate surface area is 192 Å². The lowest BCUT2D eigenvalue weighted by Crippen LogP contribution is -2.44. The molecule has 13 heteroatoms. The normalized spacial score (nSPS) is 18.4. The molecule has 0 spiro atoms. The second-order valence-electron chi connectivity index (χ2n) is 7.79. The number of rotatable bonds is 6. The van der Waals surface area contributed by atoms with E-state index in [0.29, 0.717) is 37.5 Å². The molecule has 0 aliphatic heterocycles. The smallest absolute Gasteiger partial charge is 0.346 e. The molecule has 1 fully saturated rings. The van der Waals surface area contributed by atoms with Crippen LogP contribution in [0.2, 0.25) is 0 Å². The Kier molecular flexibility index (Phi) is 6.52. The minimum absolute atomic E-state index is 0.0926. The van der Waals surface area contributed by atoms with Gasteiger partial charge in [-0.2, -0.15) is 33.1 Å². The van der Waals surface area contributed by atoms with E-state index in [4.69, 9.17) is 4.52 Å². The molecule has 1 aliphatic rings. The van der Waals surface area contributed by atoms with Gasteiger partial charge in [0.25, 0.3) is 5.95 Å². The van der Waals surface area contributed by atoms with Crippen LogP contribution in [-0.2, 0) is 4.79 Å². The molecular formula is C21H21F3N8O2. The summed E-state index contributed by atoms with van der Waals surface area (Å²) in [6.07, 6.45) is -3.18. The summed E-state index contributed by atoms with van der Waals surface area (Å²) in [7, 11) is 1.79. The van der Waals surface area contributed by atoms with Crippen LogP contribution in [0.15, 0.2) is 39.8 Å². The molecule has 2 aromatic heterocycles. The predicted molar refractivity (Wildman–Crippen MR) is 116 cm³/mol. The van der Waals surface area contributed by atoms with Gasteiger partial charge in [-0.25, -0.2) is 4.99 Å². The summed E-state index contributed by atoms with van der Waals surface area (Å²) >= 11 is 0. The van der Waals surface area contributed by atoms with Crippen molar-refractivity contribution in [2.45, 2.75) is 43.8 Å². The third-order valence-electron chi connectivity index (χ3n) is 5.51. The fraction of sp³-hybridized carbons (Fsp3) is 0.381. The zero-order valence-corrected chi connectivity index (χ0v) is 18.2. The molecule has 1 aromatic carbocycles. The van der Waals surface area contributed by atoms with E-state index in [2.05, 4.69) is 36.8 Å². The Hall–Kier alpha value is -3.90. The second-order valence-corrected chi connectivity index (χ2v) is 7.79. The summed E-state index contributed by atoms with van der Waals surface area (Å²) in [4.78, 5) is 34.0. The Morgan fingerprint density at radius 2 is 1.79 bits per heavy atom. The van der Waals surface area contributed by atoms with Gasteiger partial charge in [0, 0.05) is 24.7 Å². The first-order chi connectivity index (χ1) is 16.2. The third-order valence-corrected chi connectivity index (χ3v) is 5.51. The number of benzene rings is 1. The summed E-state index contributed by atoms with van der Waals surface area (Å²) in [6.45, 7) is 3.47. The highest BCUT2D eigenvalue weighted by Gasteiger charge is 2.40. The lowest BCUT2D eigenvalue weighted by atomic mass is 9.86. The largest absolute Gasteiger partial charge is 0.471 e. The van der Waals surface area contributed by atoms with E-state index >= 15 is 0 Å². The number of para-hydroxylation sites is 1. The molecule has 1 N–H and O–H groups in total. The number of aromatic nitrogens is 5. The molecule has 2 heterocycles. The molecule has 10 nitrogen and oxygen atoms in total. The van der Waals surface area contributed by atoms with Crippen LogP contribution in [0.1, 0.15) is 37.5 Å². The number of halogens is 3. The molecule has 1 amide bonds. The number of carbonyl (C=O) groups excluding carboxylic acids is 1. The quantitative estimate of drug-likeness (QED) is 0.537. The van der Waals surface area contributed by atoms with Crippen molar-refractivity contribution >= 4 is 30.2 Å². The van der Waals surface area contributed by atoms with Crippen LogP contribution in [0.3, 0.4) is 0 Å². The van der Waals surface area contributed by atoms with E-state index in [1.54, 1.807) is 11.9 Å². The fourth-order valence-corrected chi connectivity index (χ4v) is 3.69. The maximum Gasteiger partial charge on any atom is 0.471 e. The number of aliphatic imine (C=N–C) groups is 1. The first-order valence-electron chi connectivity index (χ1n) is 10.5. The van der Waals surface area contributed by atoms with Crippen molar-refractivity contribution in [2.75, 3.05) is 11.9 Å². The van der Waals surface area contributed by atoms with Gasteiger partial charge in [-0.3, -0.25) is 4.79 Å². The fourth-order valence-electron chi connectivity index (χ4n) is 3.69. The average Bonchev–Trinajstić information content (AvgIpc) is 3.34. The molecule has 178 valence electrons. The molecule has 4 rings (SSSR count). The van der Waals surface area contributed by atoms with Crippen molar-refractivity contribution in [1.29, 1.82) is 0 Å². The summed E-state index contributed by atoms with van der Waals surface area (Å²) in [5.41, 5.74) is 0.845. The molecule has 0 saturated heterocycles. The summed E-state index contributed by atoms with van der Waals surface area (Å²) in [6, 6.07) is 8.90. The van der Waals surface area contributed by atoms with E-state index in [-0.39, 0.29) is 23.5 Å². The molecule has 1 saturated carbocycles. The van der Waals surface area contributed by atoms with E-state index in [1.165, 1.54) is 0 Å². The SMILES string of the molecule is C=Nc1nc(-c2noc(C3CCC(NC(=O)C(F)(F)F)CC3)n2)nc(N(C)c2ccccc2)n1. The number of alkyl halides is 3. The number of hydrogen-bond acceptors (Lipinski definition) is 9. The van der Waals surface area contributed by atoms with Crippen molar-refractivity contribution in [1.82, 2.24) is 30.4 Å². The Morgan fingerprint density at radius 3 is 2.44 bits per heavy atom. The van der Waals surface area contributed by atoms with Crippen LogP contribution in [0.25, 0.3) is 11.6 Å². The van der Waals surface area contributed by atoms with Crippen molar-refractivity contribution in [3.05, 3.63) is 36.2 Å². The number of nitrogens with one attached hydrogen (secondary N) is 1. The van der Waals surface area contributed by atoms with E-state index in [9.17, 15) is 18.0 Å². The van der Waals surface area contributed by atoms with E-state index in [1.807, 2.05) is 35.6 Å². The topological polar surface area (TPSA) is 122 Å². The highest BCUT2D eigenvalue weighted by molar-refractivity contribution is 5.81. The zero-order valence-electron chi connectivity index (χ0n) is 18.2. The maximum absolute atomic E-state index is 12.5. The Balaban J connectivity index is 1.48. The first kappa shape index (κ1) is 23.3. The molecule has 3 aromatic rings. The average molecular weight is 474 g/mol. The van der Waals surface area contributed by atoms with Gasteiger partial charge in [-0.05, 0) is 44.5 Å². The number of nitrogens with zero attached hydrogens (tertiary/aromatic N) is 7. The summed E-state index contributed by atoms with van der Waals surface area (Å²) < 4.78 is 42.8. The Morgan fingerprint density at radius 1 is 1.09 bits per heavy atom. The number of anilines is 2. The van der Waals surface area contributed by atoms with Gasteiger partial charge in [0.05, 0.1) is 0 Å². The van der Waals surface area contributed by atoms with Crippen molar-refractivity contribution in [3.63, 3.8) is 0 Å². The molecule has 0 radical (unpaired) electrons. The monoisotopic (exact) mass is 474 g/mol. The third kappa shape index (κ3) is 5.18. The van der Waals surface area contributed by atoms with Crippen LogP contribution >= 0.6 is 0 Å². The van der Waals surface area contributed by atoms with E-state index in [0.717, 1.165) is 5.69 Å². The van der Waals surface area contributed by atoms with Gasteiger partial charge in [-0.1, -0.05) is 23.4 Å².